The summed E-state index contributed by atoms with van der Waals surface area (Å²) in [7, 11) is 0. The smallest absolute Gasteiger partial charge is 0.0612 e. The second-order valence-corrected chi connectivity index (χ2v) is 3.69. The van der Waals surface area contributed by atoms with Gasteiger partial charge < -0.3 is 0 Å². The molecule has 0 unspecified atom stereocenters. The highest BCUT2D eigenvalue weighted by molar-refractivity contribution is 5.05. The molecule has 15 heavy (non-hydrogen) atoms. The number of nitrogens with zero attached hydrogens (tertiary/aromatic N) is 2. The van der Waals surface area contributed by atoms with Crippen molar-refractivity contribution in [3.8, 4) is 0 Å². The number of hydrogen-bond donors (Lipinski definition) is 0. The quantitative estimate of drug-likeness (QED) is 0.748. The molecule has 2 nitrogen and oxygen atoms in total. The third-order valence-electron chi connectivity index (χ3n) is 2.10. The molecule has 0 atom stereocenters. The van der Waals surface area contributed by atoms with Crippen molar-refractivity contribution in [3.05, 3.63) is 23.8 Å². The Bertz CT molecular complexity index is 239. The lowest BCUT2D eigenvalue weighted by Crippen LogP contribution is -1.97. The fraction of sp³-hybridized carbons (Fsp3) is 0.692. The maximum atomic E-state index is 4.37. The molecular formula is C13H24N2. The van der Waals surface area contributed by atoms with E-state index < -0.39 is 0 Å². The van der Waals surface area contributed by atoms with Crippen LogP contribution in [0.5, 0.6) is 0 Å². The van der Waals surface area contributed by atoms with Crippen LogP contribution in [0.4, 0.5) is 0 Å². The minimum absolute atomic E-state index is 0.479. The molecule has 1 heterocycles. The molecule has 0 saturated carbocycles. The van der Waals surface area contributed by atoms with Crippen molar-refractivity contribution < 1.29 is 0 Å². The summed E-state index contributed by atoms with van der Waals surface area (Å²) < 4.78 is 0. The van der Waals surface area contributed by atoms with Gasteiger partial charge in [-0.1, -0.05) is 41.0 Å². The molecule has 1 aromatic heterocycles. The van der Waals surface area contributed by atoms with E-state index in [0.717, 1.165) is 17.8 Å². The molecule has 0 N–H and O–H groups in total. The number of aryl methyl sites for hydroxylation is 1. The van der Waals surface area contributed by atoms with Crippen LogP contribution in [0.15, 0.2) is 12.4 Å². The van der Waals surface area contributed by atoms with Crippen molar-refractivity contribution in [2.24, 2.45) is 0 Å². The molecule has 0 saturated heterocycles. The molecule has 1 rings (SSSR count). The Morgan fingerprint density at radius 1 is 1.13 bits per heavy atom. The van der Waals surface area contributed by atoms with E-state index >= 15 is 0 Å². The molecular weight excluding hydrogens is 184 g/mol. The number of aromatic nitrogens is 2. The predicted molar refractivity (Wildman–Crippen MR) is 66.1 cm³/mol. The molecule has 0 spiro atoms. The number of unbranched alkanes of at least 4 members (excludes halogenated alkanes) is 1. The topological polar surface area (TPSA) is 25.8 Å². The van der Waals surface area contributed by atoms with E-state index in [1.165, 1.54) is 12.8 Å². The van der Waals surface area contributed by atoms with E-state index in [0.29, 0.717) is 5.92 Å². The van der Waals surface area contributed by atoms with Crippen LogP contribution in [0.2, 0.25) is 0 Å². The van der Waals surface area contributed by atoms with Crippen molar-refractivity contribution >= 4 is 0 Å². The first kappa shape index (κ1) is 14.1. The van der Waals surface area contributed by atoms with Crippen molar-refractivity contribution in [2.75, 3.05) is 0 Å². The minimum Gasteiger partial charge on any atom is -0.258 e. The van der Waals surface area contributed by atoms with Gasteiger partial charge >= 0.3 is 0 Å². The molecule has 0 aliphatic carbocycles. The summed E-state index contributed by atoms with van der Waals surface area (Å²) in [6, 6.07) is 0. The fourth-order valence-corrected chi connectivity index (χ4v) is 1.15. The first-order chi connectivity index (χ1) is 7.24. The van der Waals surface area contributed by atoms with Gasteiger partial charge in [0.25, 0.3) is 0 Å². The molecule has 86 valence electrons. The predicted octanol–water partition coefficient (Wildman–Crippen LogP) is 3.97. The lowest BCUT2D eigenvalue weighted by molar-refractivity contribution is 0.754. The Labute approximate surface area is 94.2 Å². The van der Waals surface area contributed by atoms with Crippen molar-refractivity contribution in [3.63, 3.8) is 0 Å². The molecule has 0 bridgehead atoms. The SMILES string of the molecule is CC.CCCCc1cnc(C(C)C)cn1. The van der Waals surface area contributed by atoms with E-state index in [1.807, 2.05) is 26.2 Å². The van der Waals surface area contributed by atoms with Crippen LogP contribution in [0.1, 0.15) is 64.8 Å². The van der Waals surface area contributed by atoms with Gasteiger partial charge in [-0.15, -0.1) is 0 Å². The Morgan fingerprint density at radius 3 is 2.20 bits per heavy atom. The summed E-state index contributed by atoms with van der Waals surface area (Å²) >= 11 is 0. The second-order valence-electron chi connectivity index (χ2n) is 3.69. The first-order valence-corrected chi connectivity index (χ1v) is 6.04. The van der Waals surface area contributed by atoms with Crippen molar-refractivity contribution in [2.45, 2.75) is 59.8 Å². The van der Waals surface area contributed by atoms with E-state index in [-0.39, 0.29) is 0 Å². The summed E-state index contributed by atoms with van der Waals surface area (Å²) in [6.45, 7) is 10.5. The lowest BCUT2D eigenvalue weighted by Gasteiger charge is -2.04. The molecule has 2 heteroatoms. The molecule has 0 amide bonds. The monoisotopic (exact) mass is 208 g/mol. The van der Waals surface area contributed by atoms with Crippen LogP contribution in [-0.4, -0.2) is 9.97 Å². The summed E-state index contributed by atoms with van der Waals surface area (Å²) in [5.41, 5.74) is 2.20. The highest BCUT2D eigenvalue weighted by Crippen LogP contribution is 2.09. The summed E-state index contributed by atoms with van der Waals surface area (Å²) in [6.07, 6.45) is 7.28. The molecule has 1 aromatic rings. The van der Waals surface area contributed by atoms with Crippen LogP contribution >= 0.6 is 0 Å². The summed E-state index contributed by atoms with van der Waals surface area (Å²) in [5, 5.41) is 0. The van der Waals surface area contributed by atoms with Gasteiger partial charge in [-0.25, -0.2) is 0 Å². The minimum atomic E-state index is 0.479. The second kappa shape index (κ2) is 8.39. The highest BCUT2D eigenvalue weighted by Gasteiger charge is 2.00. The fourth-order valence-electron chi connectivity index (χ4n) is 1.15. The average molecular weight is 208 g/mol. The van der Waals surface area contributed by atoms with Crippen LogP contribution in [0, 0.1) is 0 Å². The average Bonchev–Trinajstić information content (AvgIpc) is 2.29. The molecule has 0 fully saturated rings. The van der Waals surface area contributed by atoms with Gasteiger partial charge in [-0.3, -0.25) is 9.97 Å². The van der Waals surface area contributed by atoms with Gasteiger partial charge in [-0.05, 0) is 18.8 Å². The zero-order valence-electron chi connectivity index (χ0n) is 10.7. The Kier molecular flexibility index (Phi) is 7.88. The largest absolute Gasteiger partial charge is 0.258 e. The van der Waals surface area contributed by atoms with Crippen molar-refractivity contribution in [1.82, 2.24) is 9.97 Å². The standard InChI is InChI=1S/C11H18N2.C2H6/c1-4-5-6-10-7-13-11(8-12-10)9(2)3;1-2/h7-9H,4-6H2,1-3H3;1-2H3. The zero-order valence-corrected chi connectivity index (χ0v) is 10.7. The van der Waals surface area contributed by atoms with E-state index in [4.69, 9.17) is 0 Å². The number of rotatable bonds is 4. The Hall–Kier alpha value is -0.920. The van der Waals surface area contributed by atoms with E-state index in [2.05, 4.69) is 30.7 Å². The lowest BCUT2D eigenvalue weighted by atomic mass is 10.1. The third-order valence-corrected chi connectivity index (χ3v) is 2.10. The Balaban J connectivity index is 0.000000921. The maximum Gasteiger partial charge on any atom is 0.0612 e. The van der Waals surface area contributed by atoms with Crippen molar-refractivity contribution in [1.29, 1.82) is 0 Å². The van der Waals surface area contributed by atoms with Gasteiger partial charge in [0.1, 0.15) is 0 Å². The van der Waals surface area contributed by atoms with Gasteiger partial charge in [-0.2, -0.15) is 0 Å². The zero-order chi connectivity index (χ0) is 11.7. The first-order valence-electron chi connectivity index (χ1n) is 6.04. The Morgan fingerprint density at radius 2 is 1.80 bits per heavy atom. The third kappa shape index (κ3) is 5.50. The van der Waals surface area contributed by atoms with Crippen LogP contribution in [0.25, 0.3) is 0 Å². The van der Waals surface area contributed by atoms with Crippen LogP contribution in [0.3, 0.4) is 0 Å². The maximum absolute atomic E-state index is 4.37. The molecule has 0 aromatic carbocycles. The molecule has 0 aliphatic rings. The normalized spacial score (nSPS) is 9.73. The van der Waals surface area contributed by atoms with Gasteiger partial charge in [0.2, 0.25) is 0 Å². The summed E-state index contributed by atoms with van der Waals surface area (Å²) in [4.78, 5) is 8.74. The molecule has 0 aliphatic heterocycles. The van der Waals surface area contributed by atoms with Gasteiger partial charge in [0, 0.05) is 12.4 Å². The molecule has 0 radical (unpaired) electrons. The van der Waals surface area contributed by atoms with Crippen LogP contribution < -0.4 is 0 Å². The number of hydrogen-bond acceptors (Lipinski definition) is 2. The summed E-state index contributed by atoms with van der Waals surface area (Å²) in [5.74, 6) is 0.479. The van der Waals surface area contributed by atoms with Crippen LogP contribution in [-0.2, 0) is 6.42 Å². The van der Waals surface area contributed by atoms with E-state index in [1.54, 1.807) is 0 Å². The van der Waals surface area contributed by atoms with Gasteiger partial charge in [0.15, 0.2) is 0 Å². The van der Waals surface area contributed by atoms with Gasteiger partial charge in [0.05, 0.1) is 11.4 Å². The van der Waals surface area contributed by atoms with E-state index in [9.17, 15) is 0 Å². The highest BCUT2D eigenvalue weighted by atomic mass is 14.8.